The van der Waals surface area contributed by atoms with Gasteiger partial charge in [0.25, 0.3) is 5.91 Å². The van der Waals surface area contributed by atoms with E-state index in [1.807, 2.05) is 0 Å². The van der Waals surface area contributed by atoms with Crippen LogP contribution in [0.2, 0.25) is 0 Å². The van der Waals surface area contributed by atoms with Crippen molar-refractivity contribution >= 4 is 21.6 Å². The lowest BCUT2D eigenvalue weighted by atomic mass is 10.4. The maximum Gasteiger partial charge on any atom is 0.271 e. The van der Waals surface area contributed by atoms with Crippen LogP contribution in [0.5, 0.6) is 0 Å². The van der Waals surface area contributed by atoms with E-state index < -0.39 is 15.7 Å². The van der Waals surface area contributed by atoms with E-state index in [1.165, 1.54) is 12.4 Å². The average Bonchev–Trinajstić information content (AvgIpc) is 2.29. The van der Waals surface area contributed by atoms with Crippen LogP contribution in [0.25, 0.3) is 0 Å². The topological polar surface area (TPSA) is 115 Å². The van der Waals surface area contributed by atoms with Gasteiger partial charge in [0, 0.05) is 12.3 Å². The zero-order valence-electron chi connectivity index (χ0n) is 9.38. The van der Waals surface area contributed by atoms with Crippen LogP contribution in [0.3, 0.4) is 0 Å². The van der Waals surface area contributed by atoms with E-state index in [2.05, 4.69) is 15.3 Å². The van der Waals surface area contributed by atoms with Gasteiger partial charge in [-0.3, -0.25) is 4.79 Å². The molecular formula is C9H14N4O3S. The Morgan fingerprint density at radius 2 is 2.12 bits per heavy atom. The van der Waals surface area contributed by atoms with Crippen LogP contribution in [0.1, 0.15) is 17.4 Å². The van der Waals surface area contributed by atoms with Gasteiger partial charge >= 0.3 is 0 Å². The normalized spacial score (nSPS) is 11.1. The summed E-state index contributed by atoms with van der Waals surface area (Å²) < 4.78 is 22.3. The molecule has 3 N–H and O–H groups in total. The number of carbonyl (C=O) groups excluding carboxylic acids is 1. The van der Waals surface area contributed by atoms with Gasteiger partial charge in [-0.1, -0.05) is 6.92 Å². The summed E-state index contributed by atoms with van der Waals surface area (Å²) in [6.07, 6.45) is 2.50. The first-order chi connectivity index (χ1) is 7.94. The number of hydrogen-bond donors (Lipinski definition) is 2. The second-order valence-electron chi connectivity index (χ2n) is 3.32. The maximum absolute atomic E-state index is 11.5. The van der Waals surface area contributed by atoms with E-state index >= 15 is 0 Å². The SMILES string of the molecule is CCS(=O)(=O)CCNC(=O)c1cnc(N)cn1. The molecule has 1 rings (SSSR count). The molecule has 0 bridgehead atoms. The highest BCUT2D eigenvalue weighted by atomic mass is 32.2. The van der Waals surface area contributed by atoms with Gasteiger partial charge in [-0.15, -0.1) is 0 Å². The van der Waals surface area contributed by atoms with Crippen molar-refractivity contribution in [1.82, 2.24) is 15.3 Å². The lowest BCUT2D eigenvalue weighted by Crippen LogP contribution is -2.30. The number of nitrogens with two attached hydrogens (primary N) is 1. The highest BCUT2D eigenvalue weighted by Crippen LogP contribution is 1.96. The summed E-state index contributed by atoms with van der Waals surface area (Å²) >= 11 is 0. The van der Waals surface area contributed by atoms with Crippen molar-refractivity contribution < 1.29 is 13.2 Å². The number of anilines is 1. The second-order valence-corrected chi connectivity index (χ2v) is 5.79. The summed E-state index contributed by atoms with van der Waals surface area (Å²) in [5, 5.41) is 2.45. The summed E-state index contributed by atoms with van der Waals surface area (Å²) in [7, 11) is -3.07. The Morgan fingerprint density at radius 3 is 2.65 bits per heavy atom. The Hall–Kier alpha value is -1.70. The van der Waals surface area contributed by atoms with Crippen LogP contribution in [-0.4, -0.2) is 42.3 Å². The highest BCUT2D eigenvalue weighted by molar-refractivity contribution is 7.91. The molecule has 1 heterocycles. The standard InChI is InChI=1S/C9H14N4O3S/c1-2-17(15,16)4-3-11-9(14)7-5-13-8(10)6-12-7/h5-6H,2-4H2,1H3,(H2,10,13)(H,11,14). The third-order valence-electron chi connectivity index (χ3n) is 2.04. The molecule has 0 aromatic carbocycles. The molecule has 0 aliphatic carbocycles. The molecule has 0 unspecified atom stereocenters. The van der Waals surface area contributed by atoms with Crippen molar-refractivity contribution in [3.8, 4) is 0 Å². The molecule has 8 heteroatoms. The van der Waals surface area contributed by atoms with Crippen molar-refractivity contribution in [3.05, 3.63) is 18.1 Å². The number of amides is 1. The summed E-state index contributed by atoms with van der Waals surface area (Å²) in [5.41, 5.74) is 5.42. The monoisotopic (exact) mass is 258 g/mol. The minimum Gasteiger partial charge on any atom is -0.382 e. The van der Waals surface area contributed by atoms with Crippen LogP contribution in [0.4, 0.5) is 5.82 Å². The first kappa shape index (κ1) is 13.4. The van der Waals surface area contributed by atoms with Crippen molar-refractivity contribution in [3.63, 3.8) is 0 Å². The molecule has 1 aromatic heterocycles. The zero-order valence-corrected chi connectivity index (χ0v) is 10.2. The molecule has 1 aromatic rings. The number of aromatic nitrogens is 2. The Labute approximate surface area is 99.4 Å². The number of rotatable bonds is 5. The number of nitrogen functional groups attached to an aromatic ring is 1. The van der Waals surface area contributed by atoms with E-state index in [0.29, 0.717) is 0 Å². The third kappa shape index (κ3) is 4.35. The quantitative estimate of drug-likeness (QED) is 0.716. The molecule has 0 saturated heterocycles. The van der Waals surface area contributed by atoms with Gasteiger partial charge in [0.05, 0.1) is 18.1 Å². The molecular weight excluding hydrogens is 244 g/mol. The minimum atomic E-state index is -3.07. The molecule has 94 valence electrons. The first-order valence-electron chi connectivity index (χ1n) is 5.01. The van der Waals surface area contributed by atoms with Gasteiger partial charge in [0.2, 0.25) is 0 Å². The zero-order chi connectivity index (χ0) is 12.9. The Morgan fingerprint density at radius 1 is 1.41 bits per heavy atom. The number of nitrogens with one attached hydrogen (secondary N) is 1. The number of carbonyl (C=O) groups is 1. The smallest absolute Gasteiger partial charge is 0.271 e. The molecule has 0 atom stereocenters. The van der Waals surface area contributed by atoms with Gasteiger partial charge in [-0.2, -0.15) is 0 Å². The molecule has 0 aliphatic heterocycles. The van der Waals surface area contributed by atoms with Crippen LogP contribution in [-0.2, 0) is 9.84 Å². The molecule has 0 saturated carbocycles. The van der Waals surface area contributed by atoms with Crippen molar-refractivity contribution in [2.24, 2.45) is 0 Å². The lowest BCUT2D eigenvalue weighted by molar-refractivity contribution is 0.0951. The molecule has 1 amide bonds. The predicted octanol–water partition coefficient (Wildman–Crippen LogP) is -0.777. The summed E-state index contributed by atoms with van der Waals surface area (Å²) in [4.78, 5) is 19.0. The largest absolute Gasteiger partial charge is 0.382 e. The molecule has 0 radical (unpaired) electrons. The Kier molecular flexibility index (Phi) is 4.38. The molecule has 17 heavy (non-hydrogen) atoms. The van der Waals surface area contributed by atoms with Gasteiger partial charge in [-0.25, -0.2) is 18.4 Å². The summed E-state index contributed by atoms with van der Waals surface area (Å²) in [6.45, 7) is 1.61. The van der Waals surface area contributed by atoms with Crippen LogP contribution in [0.15, 0.2) is 12.4 Å². The number of nitrogens with zero attached hydrogens (tertiary/aromatic N) is 2. The fourth-order valence-corrected chi connectivity index (χ4v) is 1.71. The maximum atomic E-state index is 11.5. The predicted molar refractivity (Wildman–Crippen MR) is 63.1 cm³/mol. The van der Waals surface area contributed by atoms with Crippen LogP contribution < -0.4 is 11.1 Å². The fourth-order valence-electron chi connectivity index (χ4n) is 1.01. The average molecular weight is 258 g/mol. The number of hydrogen-bond acceptors (Lipinski definition) is 6. The van der Waals surface area contributed by atoms with Crippen molar-refractivity contribution in [1.29, 1.82) is 0 Å². The van der Waals surface area contributed by atoms with E-state index in [9.17, 15) is 13.2 Å². The molecule has 0 spiro atoms. The first-order valence-corrected chi connectivity index (χ1v) is 6.83. The van der Waals surface area contributed by atoms with Crippen LogP contribution >= 0.6 is 0 Å². The fraction of sp³-hybridized carbons (Fsp3) is 0.444. The third-order valence-corrected chi connectivity index (χ3v) is 3.75. The van der Waals surface area contributed by atoms with Gasteiger partial charge in [0.1, 0.15) is 11.5 Å². The van der Waals surface area contributed by atoms with Gasteiger partial charge in [0.15, 0.2) is 9.84 Å². The van der Waals surface area contributed by atoms with Gasteiger partial charge < -0.3 is 11.1 Å². The molecule has 0 aliphatic rings. The minimum absolute atomic E-state index is 0.0566. The van der Waals surface area contributed by atoms with E-state index in [-0.39, 0.29) is 29.6 Å². The van der Waals surface area contributed by atoms with E-state index in [1.54, 1.807) is 6.92 Å². The lowest BCUT2D eigenvalue weighted by Gasteiger charge is -2.04. The number of sulfone groups is 1. The highest BCUT2D eigenvalue weighted by Gasteiger charge is 2.10. The Balaban J connectivity index is 2.48. The molecule has 0 fully saturated rings. The van der Waals surface area contributed by atoms with Crippen molar-refractivity contribution in [2.45, 2.75) is 6.92 Å². The summed E-state index contributed by atoms with van der Waals surface area (Å²) in [5.74, 6) is -0.277. The van der Waals surface area contributed by atoms with Gasteiger partial charge in [-0.05, 0) is 0 Å². The summed E-state index contributed by atoms with van der Waals surface area (Å²) in [6, 6.07) is 0. The van der Waals surface area contributed by atoms with Crippen molar-refractivity contribution in [2.75, 3.05) is 23.8 Å². The second kappa shape index (κ2) is 5.58. The van der Waals surface area contributed by atoms with Crippen LogP contribution in [0, 0.1) is 0 Å². The van der Waals surface area contributed by atoms with E-state index in [0.717, 1.165) is 0 Å². The van der Waals surface area contributed by atoms with E-state index in [4.69, 9.17) is 5.73 Å². The molecule has 7 nitrogen and oxygen atoms in total. The Bertz CT molecular complexity index is 483.